The Morgan fingerprint density at radius 1 is 1.33 bits per heavy atom. The molecule has 0 saturated heterocycles. The number of carbonyl (C=O) groups excluding carboxylic acids is 1. The first kappa shape index (κ1) is 12.5. The van der Waals surface area contributed by atoms with Gasteiger partial charge in [0, 0.05) is 0 Å². The zero-order valence-corrected chi connectivity index (χ0v) is 10.5. The third kappa shape index (κ3) is 2.96. The quantitative estimate of drug-likeness (QED) is 0.666. The molecule has 1 aliphatic rings. The average Bonchev–Trinajstić information content (AvgIpc) is 2.65. The van der Waals surface area contributed by atoms with Crippen LogP contribution >= 0.6 is 0 Å². The molecule has 0 radical (unpaired) electrons. The molecule has 1 aliphatic carbocycles. The maximum absolute atomic E-state index is 11.9. The Hall–Kier alpha value is -0.530. The van der Waals surface area contributed by atoms with Gasteiger partial charge in [-0.15, -0.1) is 0 Å². The lowest BCUT2D eigenvalue weighted by Crippen LogP contribution is -2.31. The molecule has 2 unspecified atom stereocenters. The molecule has 0 amide bonds. The predicted octanol–water partition coefficient (Wildman–Crippen LogP) is 3.54. The molecule has 0 N–H and O–H groups in total. The number of hydrogen-bond acceptors (Lipinski definition) is 2. The van der Waals surface area contributed by atoms with Crippen LogP contribution in [0, 0.1) is 11.3 Å². The molecule has 15 heavy (non-hydrogen) atoms. The van der Waals surface area contributed by atoms with Crippen molar-refractivity contribution >= 4 is 5.97 Å². The van der Waals surface area contributed by atoms with Crippen LogP contribution in [-0.4, -0.2) is 12.1 Å². The number of carbonyl (C=O) groups is 1. The van der Waals surface area contributed by atoms with Crippen LogP contribution in [0.4, 0.5) is 0 Å². The van der Waals surface area contributed by atoms with Gasteiger partial charge in [0.2, 0.25) is 0 Å². The first-order valence-electron chi connectivity index (χ1n) is 6.22. The van der Waals surface area contributed by atoms with Crippen LogP contribution in [0.3, 0.4) is 0 Å². The molecular weight excluding hydrogens is 188 g/mol. The molecular formula is C13H24O2. The maximum Gasteiger partial charge on any atom is 0.311 e. The summed E-state index contributed by atoms with van der Waals surface area (Å²) in [6.45, 7) is 8.14. The van der Waals surface area contributed by atoms with E-state index in [0.717, 1.165) is 19.3 Å². The summed E-state index contributed by atoms with van der Waals surface area (Å²) in [4.78, 5) is 11.9. The Labute approximate surface area is 93.4 Å². The largest absolute Gasteiger partial charge is 0.462 e. The molecule has 0 spiro atoms. The number of hydrogen-bond donors (Lipinski definition) is 0. The summed E-state index contributed by atoms with van der Waals surface area (Å²) < 4.78 is 5.63. The van der Waals surface area contributed by atoms with E-state index in [4.69, 9.17) is 4.74 Å². The molecule has 0 aromatic carbocycles. The van der Waals surface area contributed by atoms with E-state index in [1.54, 1.807) is 0 Å². The van der Waals surface area contributed by atoms with E-state index in [9.17, 15) is 4.79 Å². The molecule has 1 saturated carbocycles. The van der Waals surface area contributed by atoms with Crippen LogP contribution in [0.25, 0.3) is 0 Å². The normalized spacial score (nSPS) is 26.7. The Bertz CT molecular complexity index is 221. The Morgan fingerprint density at radius 2 is 2.00 bits per heavy atom. The van der Waals surface area contributed by atoms with Crippen molar-refractivity contribution in [3.05, 3.63) is 0 Å². The van der Waals surface area contributed by atoms with Crippen LogP contribution in [0.2, 0.25) is 0 Å². The summed E-state index contributed by atoms with van der Waals surface area (Å²) in [6.07, 6.45) is 5.65. The van der Waals surface area contributed by atoms with E-state index in [0.29, 0.717) is 5.92 Å². The van der Waals surface area contributed by atoms with Crippen molar-refractivity contribution in [2.75, 3.05) is 0 Å². The second-order valence-electron chi connectivity index (χ2n) is 5.28. The van der Waals surface area contributed by atoms with Crippen LogP contribution in [0.5, 0.6) is 0 Å². The Morgan fingerprint density at radius 3 is 2.53 bits per heavy atom. The van der Waals surface area contributed by atoms with Crippen LogP contribution < -0.4 is 0 Å². The standard InChI is InChI=1S/C13H24O2/c1-5-10-8-7-9-11(10)15-12(14)13(3,4)6-2/h10-11H,5-9H2,1-4H3. The predicted molar refractivity (Wildman–Crippen MR) is 61.6 cm³/mol. The van der Waals surface area contributed by atoms with Gasteiger partial charge in [-0.25, -0.2) is 0 Å². The smallest absolute Gasteiger partial charge is 0.311 e. The highest BCUT2D eigenvalue weighted by Gasteiger charge is 2.34. The van der Waals surface area contributed by atoms with E-state index in [1.807, 2.05) is 20.8 Å². The fourth-order valence-electron chi connectivity index (χ4n) is 2.07. The second kappa shape index (κ2) is 5.00. The molecule has 2 nitrogen and oxygen atoms in total. The van der Waals surface area contributed by atoms with Gasteiger partial charge in [-0.3, -0.25) is 4.79 Å². The first-order chi connectivity index (χ1) is 7.01. The molecule has 0 aliphatic heterocycles. The molecule has 2 atom stereocenters. The van der Waals surface area contributed by atoms with Gasteiger partial charge in [0.15, 0.2) is 0 Å². The van der Waals surface area contributed by atoms with E-state index in [2.05, 4.69) is 6.92 Å². The van der Waals surface area contributed by atoms with Crippen molar-refractivity contribution in [3.63, 3.8) is 0 Å². The molecule has 88 valence electrons. The Kier molecular flexibility index (Phi) is 4.18. The van der Waals surface area contributed by atoms with Crippen LogP contribution in [0.15, 0.2) is 0 Å². The minimum atomic E-state index is -0.319. The zero-order chi connectivity index (χ0) is 11.5. The highest BCUT2D eigenvalue weighted by atomic mass is 16.5. The highest BCUT2D eigenvalue weighted by Crippen LogP contribution is 2.33. The molecule has 1 fully saturated rings. The summed E-state index contributed by atoms with van der Waals surface area (Å²) in [5.41, 5.74) is -0.319. The van der Waals surface area contributed by atoms with E-state index in [1.165, 1.54) is 12.8 Å². The third-order valence-corrected chi connectivity index (χ3v) is 3.81. The number of esters is 1. The van der Waals surface area contributed by atoms with Gasteiger partial charge in [0.25, 0.3) is 0 Å². The summed E-state index contributed by atoms with van der Waals surface area (Å²) in [5.74, 6) is 0.581. The van der Waals surface area contributed by atoms with Crippen molar-refractivity contribution in [2.24, 2.45) is 11.3 Å². The molecule has 0 aromatic rings. The molecule has 0 heterocycles. The number of ether oxygens (including phenoxy) is 1. The van der Waals surface area contributed by atoms with E-state index < -0.39 is 0 Å². The van der Waals surface area contributed by atoms with Crippen molar-refractivity contribution in [1.82, 2.24) is 0 Å². The lowest BCUT2D eigenvalue weighted by molar-refractivity contribution is -0.161. The Balaban J connectivity index is 2.51. The van der Waals surface area contributed by atoms with Crippen molar-refractivity contribution in [2.45, 2.75) is 65.9 Å². The summed E-state index contributed by atoms with van der Waals surface area (Å²) in [5, 5.41) is 0. The fraction of sp³-hybridized carbons (Fsp3) is 0.923. The molecule has 0 aromatic heterocycles. The zero-order valence-electron chi connectivity index (χ0n) is 10.5. The van der Waals surface area contributed by atoms with Gasteiger partial charge in [-0.2, -0.15) is 0 Å². The monoisotopic (exact) mass is 212 g/mol. The molecule has 0 bridgehead atoms. The van der Waals surface area contributed by atoms with E-state index in [-0.39, 0.29) is 17.5 Å². The van der Waals surface area contributed by atoms with Crippen LogP contribution in [-0.2, 0) is 9.53 Å². The van der Waals surface area contributed by atoms with Crippen molar-refractivity contribution in [3.8, 4) is 0 Å². The molecule has 1 rings (SSSR count). The van der Waals surface area contributed by atoms with Crippen LogP contribution in [0.1, 0.15) is 59.8 Å². The lowest BCUT2D eigenvalue weighted by Gasteiger charge is -2.26. The van der Waals surface area contributed by atoms with Crippen molar-refractivity contribution < 1.29 is 9.53 Å². The van der Waals surface area contributed by atoms with Gasteiger partial charge < -0.3 is 4.74 Å². The SMILES string of the molecule is CCC1CCCC1OC(=O)C(C)(C)CC. The van der Waals surface area contributed by atoms with Crippen molar-refractivity contribution in [1.29, 1.82) is 0 Å². The number of rotatable bonds is 4. The third-order valence-electron chi connectivity index (χ3n) is 3.81. The van der Waals surface area contributed by atoms with Gasteiger partial charge in [-0.05, 0) is 51.9 Å². The summed E-state index contributed by atoms with van der Waals surface area (Å²) in [6, 6.07) is 0. The minimum Gasteiger partial charge on any atom is -0.462 e. The van der Waals surface area contributed by atoms with Gasteiger partial charge in [0.1, 0.15) is 6.10 Å². The highest BCUT2D eigenvalue weighted by molar-refractivity contribution is 5.76. The van der Waals surface area contributed by atoms with Gasteiger partial charge >= 0.3 is 5.97 Å². The maximum atomic E-state index is 11.9. The first-order valence-corrected chi connectivity index (χ1v) is 6.22. The van der Waals surface area contributed by atoms with Gasteiger partial charge in [0.05, 0.1) is 5.41 Å². The topological polar surface area (TPSA) is 26.3 Å². The summed E-state index contributed by atoms with van der Waals surface area (Å²) in [7, 11) is 0. The fourth-order valence-corrected chi connectivity index (χ4v) is 2.07. The summed E-state index contributed by atoms with van der Waals surface area (Å²) >= 11 is 0. The second-order valence-corrected chi connectivity index (χ2v) is 5.28. The van der Waals surface area contributed by atoms with Gasteiger partial charge in [-0.1, -0.05) is 13.8 Å². The van der Waals surface area contributed by atoms with E-state index >= 15 is 0 Å². The molecule has 2 heteroatoms. The lowest BCUT2D eigenvalue weighted by atomic mass is 9.90. The average molecular weight is 212 g/mol. The minimum absolute atomic E-state index is 0.0182.